The van der Waals surface area contributed by atoms with Crippen molar-refractivity contribution in [3.63, 3.8) is 0 Å². The molecule has 0 saturated carbocycles. The maximum absolute atomic E-state index is 8.74. The second kappa shape index (κ2) is 5.36. The van der Waals surface area contributed by atoms with Gasteiger partial charge in [0.25, 0.3) is 0 Å². The Balaban J connectivity index is 1.82. The van der Waals surface area contributed by atoms with Crippen LogP contribution in [0.15, 0.2) is 30.3 Å². The molecule has 1 aliphatic rings. The summed E-state index contributed by atoms with van der Waals surface area (Å²) >= 11 is 0. The molecule has 0 saturated heterocycles. The highest BCUT2D eigenvalue weighted by Crippen LogP contribution is 2.27. The Morgan fingerprint density at radius 3 is 2.74 bits per heavy atom. The number of aryl methyl sites for hydroxylation is 2. The van der Waals surface area contributed by atoms with E-state index in [0.29, 0.717) is 12.4 Å². The van der Waals surface area contributed by atoms with Crippen LogP contribution in [-0.2, 0) is 12.8 Å². The summed E-state index contributed by atoms with van der Waals surface area (Å²) in [5, 5.41) is 20.1. The van der Waals surface area contributed by atoms with E-state index in [1.165, 1.54) is 30.4 Å². The Kier molecular flexibility index (Phi) is 3.42. The second-order valence-electron chi connectivity index (χ2n) is 4.79. The first kappa shape index (κ1) is 12.1. The SMILES string of the molecule is OCCNc1ccc(-c2ccc3c(c2)CCC3)nn1. The fraction of sp³-hybridized carbons (Fsp3) is 0.333. The normalized spacial score (nSPS) is 13.3. The first-order valence-corrected chi connectivity index (χ1v) is 6.67. The zero-order valence-electron chi connectivity index (χ0n) is 10.8. The topological polar surface area (TPSA) is 58.0 Å². The van der Waals surface area contributed by atoms with Gasteiger partial charge >= 0.3 is 0 Å². The molecule has 0 atom stereocenters. The largest absolute Gasteiger partial charge is 0.395 e. The van der Waals surface area contributed by atoms with Crippen molar-refractivity contribution >= 4 is 5.82 Å². The van der Waals surface area contributed by atoms with Crippen molar-refractivity contribution < 1.29 is 5.11 Å². The van der Waals surface area contributed by atoms with Crippen molar-refractivity contribution in [2.75, 3.05) is 18.5 Å². The third kappa shape index (κ3) is 2.58. The van der Waals surface area contributed by atoms with Gasteiger partial charge in [0.05, 0.1) is 12.3 Å². The van der Waals surface area contributed by atoms with Crippen molar-refractivity contribution in [3.8, 4) is 11.3 Å². The zero-order chi connectivity index (χ0) is 13.1. The highest BCUT2D eigenvalue weighted by atomic mass is 16.3. The summed E-state index contributed by atoms with van der Waals surface area (Å²) in [5.74, 6) is 0.693. The van der Waals surface area contributed by atoms with Gasteiger partial charge in [-0.2, -0.15) is 0 Å². The molecule has 0 fully saturated rings. The number of nitrogens with one attached hydrogen (secondary N) is 1. The van der Waals surface area contributed by atoms with Crippen LogP contribution in [0.2, 0.25) is 0 Å². The van der Waals surface area contributed by atoms with E-state index in [-0.39, 0.29) is 6.61 Å². The molecule has 0 aliphatic heterocycles. The summed E-state index contributed by atoms with van der Waals surface area (Å²) in [6, 6.07) is 10.4. The van der Waals surface area contributed by atoms with E-state index in [2.05, 4.69) is 33.7 Å². The van der Waals surface area contributed by atoms with Crippen LogP contribution in [-0.4, -0.2) is 28.5 Å². The third-order valence-electron chi connectivity index (χ3n) is 3.48. The number of hydrogen-bond donors (Lipinski definition) is 2. The Bertz CT molecular complexity index is 566. The molecule has 19 heavy (non-hydrogen) atoms. The van der Waals surface area contributed by atoms with Crippen LogP contribution in [0.5, 0.6) is 0 Å². The molecule has 0 spiro atoms. The lowest BCUT2D eigenvalue weighted by molar-refractivity contribution is 0.311. The molecule has 0 unspecified atom stereocenters. The van der Waals surface area contributed by atoms with Crippen LogP contribution in [0.25, 0.3) is 11.3 Å². The standard InChI is InChI=1S/C15H17N3O/c19-9-8-16-15-7-6-14(17-18-15)13-5-4-11-2-1-3-12(11)10-13/h4-7,10,19H,1-3,8-9H2,(H,16,18). The molecule has 1 heterocycles. The molecule has 4 nitrogen and oxygen atoms in total. The Hall–Kier alpha value is -1.94. The molecule has 4 heteroatoms. The molecule has 0 amide bonds. The molecule has 1 aromatic carbocycles. The molecule has 0 radical (unpaired) electrons. The van der Waals surface area contributed by atoms with Gasteiger partial charge in [0.15, 0.2) is 0 Å². The van der Waals surface area contributed by atoms with E-state index in [0.717, 1.165) is 11.3 Å². The van der Waals surface area contributed by atoms with E-state index >= 15 is 0 Å². The van der Waals surface area contributed by atoms with Crippen LogP contribution in [0.4, 0.5) is 5.82 Å². The average molecular weight is 255 g/mol. The quantitative estimate of drug-likeness (QED) is 0.877. The summed E-state index contributed by atoms with van der Waals surface area (Å²) in [5.41, 5.74) is 4.94. The average Bonchev–Trinajstić information content (AvgIpc) is 2.93. The van der Waals surface area contributed by atoms with Crippen LogP contribution in [0.3, 0.4) is 0 Å². The Labute approximate surface area is 112 Å². The number of anilines is 1. The van der Waals surface area contributed by atoms with E-state index < -0.39 is 0 Å². The molecule has 1 aliphatic carbocycles. The molecular formula is C15H17N3O. The minimum Gasteiger partial charge on any atom is -0.395 e. The summed E-state index contributed by atoms with van der Waals surface area (Å²) in [7, 11) is 0. The number of benzene rings is 1. The fourth-order valence-electron chi connectivity index (χ4n) is 2.50. The van der Waals surface area contributed by atoms with E-state index in [9.17, 15) is 0 Å². The predicted molar refractivity (Wildman–Crippen MR) is 75.1 cm³/mol. The second-order valence-corrected chi connectivity index (χ2v) is 4.79. The summed E-state index contributed by atoms with van der Waals surface area (Å²) < 4.78 is 0. The van der Waals surface area contributed by atoms with E-state index in [1.807, 2.05) is 12.1 Å². The lowest BCUT2D eigenvalue weighted by Gasteiger charge is -2.06. The van der Waals surface area contributed by atoms with Gasteiger partial charge in [-0.1, -0.05) is 12.1 Å². The highest BCUT2D eigenvalue weighted by Gasteiger charge is 2.11. The van der Waals surface area contributed by atoms with Gasteiger partial charge in [0, 0.05) is 12.1 Å². The van der Waals surface area contributed by atoms with E-state index in [4.69, 9.17) is 5.11 Å². The number of hydrogen-bond acceptors (Lipinski definition) is 4. The number of rotatable bonds is 4. The Morgan fingerprint density at radius 1 is 1.05 bits per heavy atom. The highest BCUT2D eigenvalue weighted by molar-refractivity contribution is 5.62. The van der Waals surface area contributed by atoms with E-state index in [1.54, 1.807) is 0 Å². The minimum atomic E-state index is 0.0915. The summed E-state index contributed by atoms with van der Waals surface area (Å²) in [6.07, 6.45) is 3.63. The Morgan fingerprint density at radius 2 is 1.95 bits per heavy atom. The van der Waals surface area contributed by atoms with Gasteiger partial charge in [0.1, 0.15) is 5.82 Å². The van der Waals surface area contributed by atoms with Crippen molar-refractivity contribution in [1.82, 2.24) is 10.2 Å². The van der Waals surface area contributed by atoms with Crippen molar-refractivity contribution in [1.29, 1.82) is 0 Å². The van der Waals surface area contributed by atoms with Crippen molar-refractivity contribution in [2.45, 2.75) is 19.3 Å². The molecule has 0 bridgehead atoms. The molecule has 3 rings (SSSR count). The summed E-state index contributed by atoms with van der Waals surface area (Å²) in [4.78, 5) is 0. The van der Waals surface area contributed by atoms with Gasteiger partial charge < -0.3 is 10.4 Å². The number of nitrogens with zero attached hydrogens (tertiary/aromatic N) is 2. The van der Waals surface area contributed by atoms with Gasteiger partial charge in [-0.05, 0) is 48.6 Å². The number of aliphatic hydroxyl groups excluding tert-OH is 1. The monoisotopic (exact) mass is 255 g/mol. The maximum Gasteiger partial charge on any atom is 0.148 e. The van der Waals surface area contributed by atoms with Crippen LogP contribution < -0.4 is 5.32 Å². The first-order chi connectivity index (χ1) is 9.36. The molecule has 2 aromatic rings. The van der Waals surface area contributed by atoms with Gasteiger partial charge in [-0.15, -0.1) is 10.2 Å². The van der Waals surface area contributed by atoms with Crippen molar-refractivity contribution in [2.24, 2.45) is 0 Å². The number of aromatic nitrogens is 2. The van der Waals surface area contributed by atoms with Crippen molar-refractivity contribution in [3.05, 3.63) is 41.5 Å². The van der Waals surface area contributed by atoms with Crippen LogP contribution in [0, 0.1) is 0 Å². The smallest absolute Gasteiger partial charge is 0.148 e. The lowest BCUT2D eigenvalue weighted by atomic mass is 10.0. The minimum absolute atomic E-state index is 0.0915. The van der Waals surface area contributed by atoms with Crippen LogP contribution in [0.1, 0.15) is 17.5 Å². The summed E-state index contributed by atoms with van der Waals surface area (Å²) in [6.45, 7) is 0.584. The molecule has 1 aromatic heterocycles. The molecule has 2 N–H and O–H groups in total. The fourth-order valence-corrected chi connectivity index (χ4v) is 2.50. The zero-order valence-corrected chi connectivity index (χ0v) is 10.8. The first-order valence-electron chi connectivity index (χ1n) is 6.67. The van der Waals surface area contributed by atoms with Crippen LogP contribution >= 0.6 is 0 Å². The maximum atomic E-state index is 8.74. The van der Waals surface area contributed by atoms with Gasteiger partial charge in [-0.3, -0.25) is 0 Å². The molecule has 98 valence electrons. The lowest BCUT2D eigenvalue weighted by Crippen LogP contribution is -2.07. The van der Waals surface area contributed by atoms with Gasteiger partial charge in [0.2, 0.25) is 0 Å². The number of fused-ring (bicyclic) bond motifs is 1. The van der Waals surface area contributed by atoms with Gasteiger partial charge in [-0.25, -0.2) is 0 Å². The molecular weight excluding hydrogens is 238 g/mol. The number of aliphatic hydroxyl groups is 1. The predicted octanol–water partition coefficient (Wildman–Crippen LogP) is 2.04. The third-order valence-corrected chi connectivity index (χ3v) is 3.48.